The van der Waals surface area contributed by atoms with Gasteiger partial charge in [0.15, 0.2) is 0 Å². The van der Waals surface area contributed by atoms with Gasteiger partial charge in [0, 0.05) is 40.6 Å². The molecule has 6 nitrogen and oxygen atoms in total. The van der Waals surface area contributed by atoms with E-state index in [1.54, 1.807) is 18.2 Å². The highest BCUT2D eigenvalue weighted by Gasteiger charge is 2.34. The van der Waals surface area contributed by atoms with Gasteiger partial charge in [-0.15, -0.1) is 0 Å². The lowest BCUT2D eigenvalue weighted by Gasteiger charge is -2.31. The van der Waals surface area contributed by atoms with E-state index in [1.807, 2.05) is 18.2 Å². The van der Waals surface area contributed by atoms with E-state index < -0.39 is 10.0 Å². The van der Waals surface area contributed by atoms with Crippen LogP contribution in [0.4, 0.5) is 0 Å². The molecule has 0 spiro atoms. The Bertz CT molecular complexity index is 1050. The second kappa shape index (κ2) is 6.40. The Morgan fingerprint density at radius 1 is 1.27 bits per heavy atom. The normalized spacial score (nSPS) is 19.3. The SMILES string of the molecule is Cc1n[nH]c(C)c1S(=O)(=O)N1CCCC(c2cc3cc(Cl)ccc3[nH]2)C1. The van der Waals surface area contributed by atoms with Gasteiger partial charge in [-0.2, -0.15) is 9.40 Å². The summed E-state index contributed by atoms with van der Waals surface area (Å²) in [6.07, 6.45) is 1.78. The number of hydrogen-bond acceptors (Lipinski definition) is 3. The highest BCUT2D eigenvalue weighted by Crippen LogP contribution is 2.33. The molecule has 3 heterocycles. The van der Waals surface area contributed by atoms with Crippen molar-refractivity contribution in [2.75, 3.05) is 13.1 Å². The fraction of sp³-hybridized carbons (Fsp3) is 0.389. The lowest BCUT2D eigenvalue weighted by Crippen LogP contribution is -2.39. The van der Waals surface area contributed by atoms with Gasteiger partial charge in [0.25, 0.3) is 0 Å². The predicted molar refractivity (Wildman–Crippen MR) is 102 cm³/mol. The zero-order valence-electron chi connectivity index (χ0n) is 14.7. The minimum absolute atomic E-state index is 0.136. The third-order valence-electron chi connectivity index (χ3n) is 5.09. The van der Waals surface area contributed by atoms with Crippen LogP contribution < -0.4 is 0 Å². The molecule has 8 heteroatoms. The number of halogens is 1. The first kappa shape index (κ1) is 17.6. The Kier molecular flexibility index (Phi) is 4.33. The number of aryl methyl sites for hydroxylation is 2. The number of H-pyrrole nitrogens is 2. The van der Waals surface area contributed by atoms with Crippen LogP contribution in [0, 0.1) is 13.8 Å². The van der Waals surface area contributed by atoms with Gasteiger partial charge in [0.05, 0.1) is 11.4 Å². The Morgan fingerprint density at radius 3 is 2.81 bits per heavy atom. The van der Waals surface area contributed by atoms with Gasteiger partial charge < -0.3 is 4.98 Å². The zero-order chi connectivity index (χ0) is 18.5. The fourth-order valence-electron chi connectivity index (χ4n) is 3.81. The molecule has 2 N–H and O–H groups in total. The maximum Gasteiger partial charge on any atom is 0.246 e. The molecular weight excluding hydrogens is 372 g/mol. The summed E-state index contributed by atoms with van der Waals surface area (Å²) in [5.41, 5.74) is 3.18. The molecule has 3 aromatic rings. The van der Waals surface area contributed by atoms with E-state index in [1.165, 1.54) is 0 Å². The molecule has 26 heavy (non-hydrogen) atoms. The van der Waals surface area contributed by atoms with E-state index in [-0.39, 0.29) is 5.92 Å². The van der Waals surface area contributed by atoms with Crippen LogP contribution in [-0.4, -0.2) is 41.0 Å². The summed E-state index contributed by atoms with van der Waals surface area (Å²) < 4.78 is 27.8. The molecule has 0 saturated carbocycles. The maximum atomic E-state index is 13.1. The van der Waals surface area contributed by atoms with Gasteiger partial charge in [-0.1, -0.05) is 11.6 Å². The number of piperidine rings is 1. The molecule has 1 aliphatic heterocycles. The molecule has 0 radical (unpaired) electrons. The number of fused-ring (bicyclic) bond motifs is 1. The third-order valence-corrected chi connectivity index (χ3v) is 7.45. The van der Waals surface area contributed by atoms with Crippen molar-refractivity contribution in [3.05, 3.63) is 46.4 Å². The zero-order valence-corrected chi connectivity index (χ0v) is 16.3. The number of aromatic nitrogens is 3. The van der Waals surface area contributed by atoms with E-state index in [9.17, 15) is 8.42 Å². The number of rotatable bonds is 3. The molecule has 0 bridgehead atoms. The van der Waals surface area contributed by atoms with Gasteiger partial charge in [-0.05, 0) is 51.0 Å². The maximum absolute atomic E-state index is 13.1. The average molecular weight is 393 g/mol. The van der Waals surface area contributed by atoms with Crippen LogP contribution in [0.25, 0.3) is 10.9 Å². The summed E-state index contributed by atoms with van der Waals surface area (Å²) in [5, 5.41) is 8.56. The molecule has 4 rings (SSSR count). The molecule has 0 amide bonds. The lowest BCUT2D eigenvalue weighted by atomic mass is 9.96. The van der Waals surface area contributed by atoms with Gasteiger partial charge in [-0.3, -0.25) is 5.10 Å². The Morgan fingerprint density at radius 2 is 2.08 bits per heavy atom. The van der Waals surface area contributed by atoms with Crippen molar-refractivity contribution >= 4 is 32.5 Å². The molecule has 1 aromatic carbocycles. The van der Waals surface area contributed by atoms with Gasteiger partial charge in [-0.25, -0.2) is 8.42 Å². The first-order chi connectivity index (χ1) is 12.4. The minimum Gasteiger partial charge on any atom is -0.358 e. The Hall–Kier alpha value is -1.83. The van der Waals surface area contributed by atoms with Crippen molar-refractivity contribution in [3.8, 4) is 0 Å². The van der Waals surface area contributed by atoms with Crippen LogP contribution in [0.1, 0.15) is 35.8 Å². The number of hydrogen-bond donors (Lipinski definition) is 2. The molecular formula is C18H21ClN4O2S. The summed E-state index contributed by atoms with van der Waals surface area (Å²) in [7, 11) is -3.55. The van der Waals surface area contributed by atoms with Gasteiger partial charge in [0.2, 0.25) is 10.0 Å². The van der Waals surface area contributed by atoms with Crippen molar-refractivity contribution < 1.29 is 8.42 Å². The summed E-state index contributed by atoms with van der Waals surface area (Å²) in [6.45, 7) is 4.47. The molecule has 1 saturated heterocycles. The summed E-state index contributed by atoms with van der Waals surface area (Å²) in [4.78, 5) is 3.73. The van der Waals surface area contributed by atoms with E-state index in [2.05, 4.69) is 21.2 Å². The van der Waals surface area contributed by atoms with Crippen LogP contribution in [0.15, 0.2) is 29.2 Å². The highest BCUT2D eigenvalue weighted by atomic mass is 35.5. The monoisotopic (exact) mass is 392 g/mol. The van der Waals surface area contributed by atoms with E-state index in [0.717, 1.165) is 29.4 Å². The average Bonchev–Trinajstić information content (AvgIpc) is 3.18. The van der Waals surface area contributed by atoms with Crippen LogP contribution in [-0.2, 0) is 10.0 Å². The van der Waals surface area contributed by atoms with Gasteiger partial charge >= 0.3 is 0 Å². The Labute approximate surface area is 157 Å². The first-order valence-corrected chi connectivity index (χ1v) is 10.5. The quantitative estimate of drug-likeness (QED) is 0.712. The van der Waals surface area contributed by atoms with Crippen LogP contribution in [0.3, 0.4) is 0 Å². The predicted octanol–water partition coefficient (Wildman–Crippen LogP) is 3.73. The molecule has 138 valence electrons. The third kappa shape index (κ3) is 2.94. The molecule has 0 aliphatic carbocycles. The molecule has 2 aromatic heterocycles. The largest absolute Gasteiger partial charge is 0.358 e. The first-order valence-electron chi connectivity index (χ1n) is 8.66. The summed E-state index contributed by atoms with van der Waals surface area (Å²) in [5.74, 6) is 0.136. The summed E-state index contributed by atoms with van der Waals surface area (Å²) >= 11 is 6.07. The van der Waals surface area contributed by atoms with E-state index >= 15 is 0 Å². The smallest absolute Gasteiger partial charge is 0.246 e. The topological polar surface area (TPSA) is 81.8 Å². The molecule has 1 unspecified atom stereocenters. The van der Waals surface area contributed by atoms with Crippen molar-refractivity contribution in [3.63, 3.8) is 0 Å². The highest BCUT2D eigenvalue weighted by molar-refractivity contribution is 7.89. The number of nitrogens with one attached hydrogen (secondary N) is 2. The van der Waals surface area contributed by atoms with Crippen LogP contribution in [0.2, 0.25) is 5.02 Å². The van der Waals surface area contributed by atoms with Crippen molar-refractivity contribution in [1.29, 1.82) is 0 Å². The van der Waals surface area contributed by atoms with Crippen molar-refractivity contribution in [1.82, 2.24) is 19.5 Å². The van der Waals surface area contributed by atoms with E-state index in [4.69, 9.17) is 11.6 Å². The Balaban J connectivity index is 1.64. The van der Waals surface area contributed by atoms with Crippen molar-refractivity contribution in [2.45, 2.75) is 37.5 Å². The fourth-order valence-corrected chi connectivity index (χ4v) is 5.85. The molecule has 1 atom stereocenters. The van der Waals surface area contributed by atoms with Crippen LogP contribution in [0.5, 0.6) is 0 Å². The molecule has 1 aliphatic rings. The lowest BCUT2D eigenvalue weighted by molar-refractivity contribution is 0.313. The van der Waals surface area contributed by atoms with Crippen LogP contribution >= 0.6 is 11.6 Å². The number of benzene rings is 1. The minimum atomic E-state index is -3.55. The number of nitrogens with zero attached hydrogens (tertiary/aromatic N) is 2. The second-order valence-electron chi connectivity index (χ2n) is 6.92. The standard InChI is InChI=1S/C18H21ClN4O2S/c1-11-18(12(2)22-21-11)26(24,25)23-7-3-4-13(10-23)17-9-14-8-15(19)5-6-16(14)20-17/h5-6,8-9,13,20H,3-4,7,10H2,1-2H3,(H,21,22). The number of sulfonamides is 1. The van der Waals surface area contributed by atoms with E-state index in [0.29, 0.717) is 34.4 Å². The van der Waals surface area contributed by atoms with Crippen molar-refractivity contribution in [2.24, 2.45) is 0 Å². The second-order valence-corrected chi connectivity index (χ2v) is 9.23. The molecule has 1 fully saturated rings. The number of aromatic amines is 2. The van der Waals surface area contributed by atoms with Gasteiger partial charge in [0.1, 0.15) is 4.90 Å². The summed E-state index contributed by atoms with van der Waals surface area (Å²) in [6, 6.07) is 7.81.